The Labute approximate surface area is 258 Å². The van der Waals surface area contributed by atoms with E-state index in [2.05, 4.69) is 9.80 Å². The Kier molecular flexibility index (Phi) is 7.19. The lowest BCUT2D eigenvalue weighted by molar-refractivity contribution is -0.123. The highest BCUT2D eigenvalue weighted by Gasteiger charge is 2.42. The first kappa shape index (κ1) is 28.3. The van der Waals surface area contributed by atoms with Crippen molar-refractivity contribution < 1.29 is 22.7 Å². The zero-order valence-corrected chi connectivity index (χ0v) is 25.8. The molecule has 0 radical (unpaired) electrons. The zero-order valence-electron chi connectivity index (χ0n) is 23.4. The van der Waals surface area contributed by atoms with Gasteiger partial charge in [-0.1, -0.05) is 36.1 Å². The highest BCUT2D eigenvalue weighted by atomic mass is 32.2. The Balaban J connectivity index is 1.18. The number of pyridine rings is 1. The number of hydrogen-bond acceptors (Lipinski definition) is 11. The van der Waals surface area contributed by atoms with E-state index < -0.39 is 15.9 Å². The number of aromatic nitrogens is 2. The van der Waals surface area contributed by atoms with Crippen molar-refractivity contribution in [1.82, 2.24) is 19.2 Å². The van der Waals surface area contributed by atoms with Crippen molar-refractivity contribution in [3.8, 4) is 11.5 Å². The van der Waals surface area contributed by atoms with Crippen molar-refractivity contribution in [3.63, 3.8) is 0 Å². The van der Waals surface area contributed by atoms with Crippen LogP contribution in [0.4, 0.5) is 5.82 Å². The van der Waals surface area contributed by atoms with Gasteiger partial charge in [0.05, 0.1) is 28.0 Å². The molecule has 3 fully saturated rings. The van der Waals surface area contributed by atoms with E-state index in [0.29, 0.717) is 45.8 Å². The average molecular weight is 640 g/mol. The van der Waals surface area contributed by atoms with Crippen molar-refractivity contribution in [3.05, 3.63) is 68.5 Å². The number of carbonyl (C=O) groups is 1. The van der Waals surface area contributed by atoms with Gasteiger partial charge in [-0.25, -0.2) is 13.4 Å². The van der Waals surface area contributed by atoms with Gasteiger partial charge in [-0.15, -0.1) is 0 Å². The van der Waals surface area contributed by atoms with Gasteiger partial charge in [0.2, 0.25) is 6.79 Å². The van der Waals surface area contributed by atoms with E-state index >= 15 is 0 Å². The molecule has 11 nitrogen and oxygen atoms in total. The minimum atomic E-state index is -3.21. The first-order valence-electron chi connectivity index (χ1n) is 14.0. The SMILES string of the molecule is Cc1cccn2c(=O)c(/C=C3/SC(=S)N(C4CCS(=O)(=O)C4)C3=O)c(N3CCN(Cc4ccc5c(c4)OCO5)CC3)nc12. The van der Waals surface area contributed by atoms with Crippen LogP contribution in [0.3, 0.4) is 0 Å². The molecule has 4 aliphatic rings. The molecule has 224 valence electrons. The molecule has 1 aromatic carbocycles. The highest BCUT2D eigenvalue weighted by Crippen LogP contribution is 2.37. The highest BCUT2D eigenvalue weighted by molar-refractivity contribution is 8.26. The molecule has 2 aromatic heterocycles. The number of thioether (sulfide) groups is 1. The van der Waals surface area contributed by atoms with Gasteiger partial charge in [0, 0.05) is 38.9 Å². The number of anilines is 1. The second-order valence-electron chi connectivity index (χ2n) is 11.1. The quantitative estimate of drug-likeness (QED) is 0.303. The minimum absolute atomic E-state index is 0.0356. The van der Waals surface area contributed by atoms with Crippen LogP contribution in [-0.2, 0) is 21.2 Å². The predicted octanol–water partition coefficient (Wildman–Crippen LogP) is 2.44. The van der Waals surface area contributed by atoms with Crippen LogP contribution in [0.25, 0.3) is 11.7 Å². The third-order valence-electron chi connectivity index (χ3n) is 8.25. The van der Waals surface area contributed by atoms with E-state index in [4.69, 9.17) is 26.7 Å². The number of fused-ring (bicyclic) bond motifs is 2. The number of rotatable bonds is 5. The minimum Gasteiger partial charge on any atom is -0.454 e. The van der Waals surface area contributed by atoms with Crippen LogP contribution in [0.2, 0.25) is 0 Å². The van der Waals surface area contributed by atoms with Crippen molar-refractivity contribution in [2.45, 2.75) is 25.9 Å². The predicted molar refractivity (Wildman–Crippen MR) is 168 cm³/mol. The van der Waals surface area contributed by atoms with Gasteiger partial charge in [-0.05, 0) is 48.7 Å². The number of aryl methyl sites for hydroxylation is 1. The summed E-state index contributed by atoms with van der Waals surface area (Å²) in [5.74, 6) is 1.61. The standard InChI is InChI=1S/C29H29N5O6S3/c1-18-3-2-7-33-25(18)30-26(32-10-8-31(9-11-32)15-19-4-5-22-23(13-19)40-17-39-22)21(27(33)35)14-24-28(36)34(29(41)42-24)20-6-12-43(37,38)16-20/h2-5,7,13-14,20H,6,8-12,15-17H2,1H3/b24-14+. The fourth-order valence-electron chi connectivity index (χ4n) is 5.99. The van der Waals surface area contributed by atoms with Crippen molar-refractivity contribution >= 4 is 61.6 Å². The van der Waals surface area contributed by atoms with E-state index in [1.165, 1.54) is 9.30 Å². The number of sulfone groups is 1. The molecule has 1 atom stereocenters. The van der Waals surface area contributed by atoms with Crippen molar-refractivity contribution in [2.75, 3.05) is 49.4 Å². The summed E-state index contributed by atoms with van der Waals surface area (Å²) in [6.45, 7) is 5.69. The van der Waals surface area contributed by atoms with E-state index in [1.807, 2.05) is 31.2 Å². The molecular formula is C29H29N5O6S3. The molecule has 0 aliphatic carbocycles. The fraction of sp³-hybridized carbons (Fsp3) is 0.379. The van der Waals surface area contributed by atoms with Crippen LogP contribution in [-0.4, -0.2) is 88.3 Å². The molecule has 14 heteroatoms. The molecule has 3 saturated heterocycles. The largest absolute Gasteiger partial charge is 0.454 e. The molecule has 0 bridgehead atoms. The van der Waals surface area contributed by atoms with Crippen LogP contribution in [0.15, 0.2) is 46.2 Å². The number of amides is 1. The summed E-state index contributed by atoms with van der Waals surface area (Å²) in [5, 5.41) is 0. The van der Waals surface area contributed by atoms with Crippen LogP contribution >= 0.6 is 24.0 Å². The summed E-state index contributed by atoms with van der Waals surface area (Å²) in [5.41, 5.74) is 2.59. The molecule has 7 rings (SSSR count). The number of thiocarbonyl (C=S) groups is 1. The Morgan fingerprint density at radius 2 is 1.91 bits per heavy atom. The summed E-state index contributed by atoms with van der Waals surface area (Å²) in [4.78, 5) is 38.5. The number of ether oxygens (including phenoxy) is 2. The van der Waals surface area contributed by atoms with Gasteiger partial charge in [0.1, 0.15) is 15.8 Å². The summed E-state index contributed by atoms with van der Waals surface area (Å²) in [7, 11) is -3.21. The van der Waals surface area contributed by atoms with Crippen LogP contribution < -0.4 is 19.9 Å². The molecule has 0 N–H and O–H groups in total. The lowest BCUT2D eigenvalue weighted by atomic mass is 10.1. The molecule has 1 unspecified atom stereocenters. The number of carbonyl (C=O) groups excluding carboxylic acids is 1. The zero-order chi connectivity index (χ0) is 29.9. The van der Waals surface area contributed by atoms with Gasteiger partial charge >= 0.3 is 0 Å². The summed E-state index contributed by atoms with van der Waals surface area (Å²) in [6.07, 6.45) is 3.61. The molecule has 6 heterocycles. The van der Waals surface area contributed by atoms with E-state index in [0.717, 1.165) is 54.0 Å². The second-order valence-corrected chi connectivity index (χ2v) is 15.0. The van der Waals surface area contributed by atoms with Gasteiger partial charge < -0.3 is 14.4 Å². The number of nitrogens with zero attached hydrogens (tertiary/aromatic N) is 5. The van der Waals surface area contributed by atoms with E-state index in [-0.39, 0.29) is 29.8 Å². The summed E-state index contributed by atoms with van der Waals surface area (Å²) >= 11 is 6.60. The maximum absolute atomic E-state index is 13.9. The first-order valence-corrected chi connectivity index (χ1v) is 17.1. The molecule has 0 saturated carbocycles. The number of hydrogen-bond donors (Lipinski definition) is 0. The smallest absolute Gasteiger partial charge is 0.267 e. The van der Waals surface area contributed by atoms with Gasteiger partial charge in [-0.2, -0.15) is 0 Å². The van der Waals surface area contributed by atoms with Gasteiger partial charge in [0.15, 0.2) is 21.3 Å². The molecular weight excluding hydrogens is 611 g/mol. The molecule has 4 aliphatic heterocycles. The number of benzene rings is 1. The Bertz CT molecular complexity index is 1870. The summed E-state index contributed by atoms with van der Waals surface area (Å²) in [6, 6.07) is 9.21. The molecule has 3 aromatic rings. The topological polar surface area (TPSA) is 114 Å². The van der Waals surface area contributed by atoms with Gasteiger partial charge in [-0.3, -0.25) is 23.8 Å². The monoisotopic (exact) mass is 639 g/mol. The average Bonchev–Trinajstić information content (AvgIpc) is 3.67. The van der Waals surface area contributed by atoms with Gasteiger partial charge in [0.25, 0.3) is 11.5 Å². The Morgan fingerprint density at radius 1 is 1.12 bits per heavy atom. The number of piperazine rings is 1. The molecule has 1 amide bonds. The van der Waals surface area contributed by atoms with Crippen LogP contribution in [0, 0.1) is 6.92 Å². The van der Waals surface area contributed by atoms with Crippen LogP contribution in [0.1, 0.15) is 23.1 Å². The lowest BCUT2D eigenvalue weighted by Crippen LogP contribution is -2.47. The maximum atomic E-state index is 13.9. The lowest BCUT2D eigenvalue weighted by Gasteiger charge is -2.36. The Hall–Kier alpha value is -3.46. The normalized spacial score (nSPS) is 22.8. The van der Waals surface area contributed by atoms with Crippen molar-refractivity contribution in [1.29, 1.82) is 0 Å². The van der Waals surface area contributed by atoms with E-state index in [1.54, 1.807) is 18.3 Å². The molecule has 0 spiro atoms. The fourth-order valence-corrected chi connectivity index (χ4v) is 9.07. The van der Waals surface area contributed by atoms with Crippen LogP contribution in [0.5, 0.6) is 11.5 Å². The first-order chi connectivity index (χ1) is 20.7. The maximum Gasteiger partial charge on any atom is 0.267 e. The summed E-state index contributed by atoms with van der Waals surface area (Å²) < 4.78 is 37.0. The Morgan fingerprint density at radius 3 is 2.67 bits per heavy atom. The van der Waals surface area contributed by atoms with E-state index in [9.17, 15) is 18.0 Å². The third kappa shape index (κ3) is 5.30. The molecule has 43 heavy (non-hydrogen) atoms. The van der Waals surface area contributed by atoms with Crippen molar-refractivity contribution in [2.24, 2.45) is 0 Å². The third-order valence-corrected chi connectivity index (χ3v) is 11.3. The second kappa shape index (κ2) is 10.9.